The van der Waals surface area contributed by atoms with Gasteiger partial charge in [-0.3, -0.25) is 4.79 Å². The predicted molar refractivity (Wildman–Crippen MR) is 119 cm³/mol. The van der Waals surface area contributed by atoms with E-state index < -0.39 is 0 Å². The highest BCUT2D eigenvalue weighted by atomic mass is 16.5. The second-order valence-electron chi connectivity index (χ2n) is 7.57. The standard InChI is InChI=1S/C25H31NO2/c1-18(2)10-8-11-19(3)12-9-13-20(4)16-17-22-21(5)26(28)24-15-7-6-14-23(24)25(22)27/h6-7,9-10,12-16,28H,8,11,17H2,1-5H3/b13-9+,19-12+,20-16+. The van der Waals surface area contributed by atoms with Crippen LogP contribution in [0.2, 0.25) is 0 Å². The van der Waals surface area contributed by atoms with Crippen LogP contribution >= 0.6 is 0 Å². The van der Waals surface area contributed by atoms with Crippen LogP contribution in [0, 0.1) is 6.92 Å². The largest absolute Gasteiger partial charge is 0.428 e. The third-order valence-corrected chi connectivity index (χ3v) is 4.86. The van der Waals surface area contributed by atoms with Crippen LogP contribution in [0.4, 0.5) is 0 Å². The SMILES string of the molecule is CC(C)=CCC/C(C)=C/C=C/C(C)=C/Cc1c(C)n(O)c2ccccc2c1=O. The summed E-state index contributed by atoms with van der Waals surface area (Å²) in [5, 5.41) is 10.9. The lowest BCUT2D eigenvalue weighted by Crippen LogP contribution is -2.17. The highest BCUT2D eigenvalue weighted by Gasteiger charge is 2.12. The Hall–Kier alpha value is -2.81. The number of allylic oxidation sites excluding steroid dienone is 8. The maximum atomic E-state index is 12.8. The molecular weight excluding hydrogens is 346 g/mol. The van der Waals surface area contributed by atoms with Crippen molar-refractivity contribution in [1.29, 1.82) is 0 Å². The summed E-state index contributed by atoms with van der Waals surface area (Å²) in [6, 6.07) is 7.15. The fraction of sp³-hybridized carbons (Fsp3) is 0.320. The number of hydrogen-bond donors (Lipinski definition) is 1. The maximum Gasteiger partial charge on any atom is 0.193 e. The Morgan fingerprint density at radius 3 is 2.54 bits per heavy atom. The monoisotopic (exact) mass is 377 g/mol. The summed E-state index contributed by atoms with van der Waals surface area (Å²) >= 11 is 0. The molecule has 0 unspecified atom stereocenters. The molecule has 1 N–H and O–H groups in total. The fourth-order valence-electron chi connectivity index (χ4n) is 3.09. The lowest BCUT2D eigenvalue weighted by Gasteiger charge is -2.11. The first kappa shape index (κ1) is 21.5. The average Bonchev–Trinajstić information content (AvgIpc) is 2.66. The molecule has 1 aromatic carbocycles. The molecule has 3 heteroatoms. The first-order chi connectivity index (χ1) is 13.3. The molecule has 0 radical (unpaired) electrons. The van der Waals surface area contributed by atoms with Crippen molar-refractivity contribution < 1.29 is 5.21 Å². The van der Waals surface area contributed by atoms with E-state index in [-0.39, 0.29) is 5.43 Å². The van der Waals surface area contributed by atoms with E-state index in [1.165, 1.54) is 11.1 Å². The molecule has 0 aliphatic carbocycles. The molecule has 0 atom stereocenters. The first-order valence-electron chi connectivity index (χ1n) is 9.77. The maximum absolute atomic E-state index is 12.8. The molecule has 0 aliphatic heterocycles. The minimum atomic E-state index is -0.0126. The van der Waals surface area contributed by atoms with Crippen LogP contribution in [-0.2, 0) is 6.42 Å². The van der Waals surface area contributed by atoms with Gasteiger partial charge in [0.1, 0.15) is 0 Å². The second-order valence-corrected chi connectivity index (χ2v) is 7.57. The van der Waals surface area contributed by atoms with E-state index in [0.717, 1.165) is 23.1 Å². The van der Waals surface area contributed by atoms with E-state index in [9.17, 15) is 10.0 Å². The molecule has 2 rings (SSSR count). The Bertz CT molecular complexity index is 1010. The topological polar surface area (TPSA) is 42.2 Å². The van der Waals surface area contributed by atoms with Crippen LogP contribution in [0.3, 0.4) is 0 Å². The van der Waals surface area contributed by atoms with Gasteiger partial charge in [-0.1, -0.05) is 59.2 Å². The van der Waals surface area contributed by atoms with Gasteiger partial charge in [-0.05, 0) is 66.0 Å². The Balaban J connectivity index is 2.13. The van der Waals surface area contributed by atoms with Crippen LogP contribution in [0.25, 0.3) is 10.9 Å². The first-order valence-corrected chi connectivity index (χ1v) is 9.77. The molecule has 0 bridgehead atoms. The van der Waals surface area contributed by atoms with Crippen molar-refractivity contribution in [3.05, 3.63) is 92.8 Å². The van der Waals surface area contributed by atoms with Crippen molar-refractivity contribution in [3.63, 3.8) is 0 Å². The van der Waals surface area contributed by atoms with Gasteiger partial charge >= 0.3 is 0 Å². The lowest BCUT2D eigenvalue weighted by atomic mass is 10.0. The van der Waals surface area contributed by atoms with Crippen LogP contribution in [0.1, 0.15) is 51.8 Å². The third-order valence-electron chi connectivity index (χ3n) is 4.86. The molecule has 1 heterocycles. The van der Waals surface area contributed by atoms with Gasteiger partial charge in [-0.2, -0.15) is 4.73 Å². The average molecular weight is 378 g/mol. The van der Waals surface area contributed by atoms with Gasteiger partial charge in [-0.25, -0.2) is 0 Å². The summed E-state index contributed by atoms with van der Waals surface area (Å²) < 4.78 is 1.11. The van der Waals surface area contributed by atoms with E-state index in [0.29, 0.717) is 28.6 Å². The summed E-state index contributed by atoms with van der Waals surface area (Å²) in [6.45, 7) is 10.2. The normalized spacial score (nSPS) is 12.8. The molecule has 0 amide bonds. The van der Waals surface area contributed by atoms with Gasteiger partial charge in [-0.15, -0.1) is 0 Å². The Kier molecular flexibility index (Phi) is 7.62. The summed E-state index contributed by atoms with van der Waals surface area (Å²) in [6.07, 6.45) is 13.2. The minimum Gasteiger partial charge on any atom is -0.428 e. The number of hydrogen-bond acceptors (Lipinski definition) is 2. The molecule has 1 aromatic heterocycles. The van der Waals surface area contributed by atoms with E-state index >= 15 is 0 Å². The van der Waals surface area contributed by atoms with Gasteiger partial charge in [0.25, 0.3) is 0 Å². The molecule has 28 heavy (non-hydrogen) atoms. The van der Waals surface area contributed by atoms with E-state index in [4.69, 9.17) is 0 Å². The van der Waals surface area contributed by atoms with E-state index in [1.807, 2.05) is 25.1 Å². The van der Waals surface area contributed by atoms with Crippen LogP contribution in [0.15, 0.2) is 76.2 Å². The smallest absolute Gasteiger partial charge is 0.193 e. The predicted octanol–water partition coefficient (Wildman–Crippen LogP) is 6.28. The number of aromatic nitrogens is 1. The van der Waals surface area contributed by atoms with Crippen LogP contribution in [-0.4, -0.2) is 9.94 Å². The van der Waals surface area contributed by atoms with Gasteiger partial charge in [0, 0.05) is 10.9 Å². The molecule has 0 saturated carbocycles. The quantitative estimate of drug-likeness (QED) is 0.350. The van der Waals surface area contributed by atoms with Crippen molar-refractivity contribution in [2.24, 2.45) is 0 Å². The molecule has 0 saturated heterocycles. The van der Waals surface area contributed by atoms with Crippen molar-refractivity contribution in [2.75, 3.05) is 0 Å². The summed E-state index contributed by atoms with van der Waals surface area (Å²) in [5.74, 6) is 0. The summed E-state index contributed by atoms with van der Waals surface area (Å²) in [7, 11) is 0. The number of fused-ring (bicyclic) bond motifs is 1. The Labute approximate surface area is 168 Å². The number of benzene rings is 1. The van der Waals surface area contributed by atoms with Crippen molar-refractivity contribution in [2.45, 2.75) is 53.9 Å². The number of para-hydroxylation sites is 1. The highest BCUT2D eigenvalue weighted by Crippen LogP contribution is 2.15. The molecule has 0 spiro atoms. The van der Waals surface area contributed by atoms with Gasteiger partial charge in [0.15, 0.2) is 5.43 Å². The lowest BCUT2D eigenvalue weighted by molar-refractivity contribution is 0.190. The molecule has 3 nitrogen and oxygen atoms in total. The van der Waals surface area contributed by atoms with Gasteiger partial charge in [0.05, 0.1) is 11.2 Å². The molecule has 148 valence electrons. The number of rotatable bonds is 7. The number of pyridine rings is 1. The Morgan fingerprint density at radius 1 is 1.11 bits per heavy atom. The molecule has 0 aliphatic rings. The number of nitrogens with zero attached hydrogens (tertiary/aromatic N) is 1. The van der Waals surface area contributed by atoms with E-state index in [2.05, 4.69) is 45.1 Å². The van der Waals surface area contributed by atoms with Crippen LogP contribution < -0.4 is 5.43 Å². The van der Waals surface area contributed by atoms with Gasteiger partial charge in [0.2, 0.25) is 0 Å². The Morgan fingerprint density at radius 2 is 1.82 bits per heavy atom. The zero-order valence-corrected chi connectivity index (χ0v) is 17.6. The summed E-state index contributed by atoms with van der Waals surface area (Å²) in [5.41, 5.74) is 5.53. The highest BCUT2D eigenvalue weighted by molar-refractivity contribution is 5.79. The minimum absolute atomic E-state index is 0.0126. The van der Waals surface area contributed by atoms with Gasteiger partial charge < -0.3 is 5.21 Å². The summed E-state index contributed by atoms with van der Waals surface area (Å²) in [4.78, 5) is 12.8. The second kappa shape index (κ2) is 9.93. The third kappa shape index (κ3) is 5.59. The van der Waals surface area contributed by atoms with Crippen molar-refractivity contribution in [1.82, 2.24) is 4.73 Å². The van der Waals surface area contributed by atoms with Crippen LogP contribution in [0.5, 0.6) is 0 Å². The zero-order valence-electron chi connectivity index (χ0n) is 17.6. The molecule has 0 fully saturated rings. The van der Waals surface area contributed by atoms with Crippen molar-refractivity contribution in [3.8, 4) is 0 Å². The van der Waals surface area contributed by atoms with E-state index in [1.54, 1.807) is 19.1 Å². The van der Waals surface area contributed by atoms with Crippen molar-refractivity contribution >= 4 is 10.9 Å². The zero-order chi connectivity index (χ0) is 20.7. The molecular formula is C25H31NO2. The molecule has 2 aromatic rings. The fourth-order valence-corrected chi connectivity index (χ4v) is 3.09.